The van der Waals surface area contributed by atoms with Gasteiger partial charge in [0.1, 0.15) is 5.69 Å². The van der Waals surface area contributed by atoms with Crippen LogP contribution in [0.3, 0.4) is 0 Å². The highest BCUT2D eigenvalue weighted by Crippen LogP contribution is 2.34. The molecule has 0 aliphatic rings. The van der Waals surface area contributed by atoms with Gasteiger partial charge < -0.3 is 4.57 Å². The van der Waals surface area contributed by atoms with Crippen LogP contribution in [0.15, 0.2) is 65.1 Å². The summed E-state index contributed by atoms with van der Waals surface area (Å²) in [4.78, 5) is 1.16. The van der Waals surface area contributed by atoms with Crippen LogP contribution >= 0.6 is 34.6 Å². The number of nitrogens with zero attached hydrogens (tertiary/aromatic N) is 5. The van der Waals surface area contributed by atoms with E-state index in [4.69, 9.17) is 0 Å². The third-order valence-electron chi connectivity index (χ3n) is 4.66. The second kappa shape index (κ2) is 8.06. The van der Waals surface area contributed by atoms with Gasteiger partial charge in [-0.15, -0.1) is 26.6 Å². The fraction of sp³-hybridized carbons (Fsp3) is 0.143. The van der Waals surface area contributed by atoms with Gasteiger partial charge in [0.05, 0.1) is 4.88 Å². The summed E-state index contributed by atoms with van der Waals surface area (Å²) in [5.74, 6) is 1.79. The van der Waals surface area contributed by atoms with Crippen molar-refractivity contribution >= 4 is 44.7 Å². The van der Waals surface area contributed by atoms with Crippen molar-refractivity contribution in [2.75, 3.05) is 0 Å². The zero-order valence-corrected chi connectivity index (χ0v) is 18.1. The van der Waals surface area contributed by atoms with E-state index in [1.807, 2.05) is 5.38 Å². The number of benzene rings is 2. The first-order valence-corrected chi connectivity index (χ1v) is 11.9. The molecular weight excluding hydrogens is 418 g/mol. The number of fused-ring (bicyclic) bond motifs is 1. The lowest BCUT2D eigenvalue weighted by molar-refractivity contribution is 0.688. The average molecular weight is 436 g/mol. The molecule has 3 aromatic heterocycles. The Hall–Kier alpha value is -2.55. The summed E-state index contributed by atoms with van der Waals surface area (Å²) in [5.41, 5.74) is 3.26. The standard InChI is InChI=1S/C21H17N5S3/c1-2-26-20(19-11-16-5-3-4-6-18(16)29-19)23-24-21(26)27-12-14-7-9-15(10-8-14)17-13-28-25-22-17/h3-11,13H,2,12H2,1H3. The Kier molecular flexibility index (Phi) is 5.13. The predicted molar refractivity (Wildman–Crippen MR) is 121 cm³/mol. The van der Waals surface area contributed by atoms with E-state index in [-0.39, 0.29) is 0 Å². The molecule has 0 atom stereocenters. The lowest BCUT2D eigenvalue weighted by Gasteiger charge is -2.06. The molecular formula is C21H17N5S3. The minimum absolute atomic E-state index is 0.842. The lowest BCUT2D eigenvalue weighted by atomic mass is 10.1. The highest BCUT2D eigenvalue weighted by Gasteiger charge is 2.15. The van der Waals surface area contributed by atoms with Crippen LogP contribution in [0, 0.1) is 0 Å². The number of aromatic nitrogens is 5. The Morgan fingerprint density at radius 2 is 1.86 bits per heavy atom. The summed E-state index contributed by atoms with van der Waals surface area (Å²) in [6.07, 6.45) is 0. The summed E-state index contributed by atoms with van der Waals surface area (Å²) < 4.78 is 7.40. The van der Waals surface area contributed by atoms with Crippen molar-refractivity contribution in [2.45, 2.75) is 24.4 Å². The van der Waals surface area contributed by atoms with Gasteiger partial charge in [-0.1, -0.05) is 58.7 Å². The molecule has 2 aromatic carbocycles. The van der Waals surface area contributed by atoms with Gasteiger partial charge in [-0.3, -0.25) is 0 Å². The van der Waals surface area contributed by atoms with Gasteiger partial charge in [0, 0.05) is 27.9 Å². The Balaban J connectivity index is 1.35. The molecule has 0 radical (unpaired) electrons. The van der Waals surface area contributed by atoms with Gasteiger partial charge in [0.2, 0.25) is 0 Å². The smallest absolute Gasteiger partial charge is 0.191 e. The van der Waals surface area contributed by atoms with Gasteiger partial charge in [0.25, 0.3) is 0 Å². The van der Waals surface area contributed by atoms with Gasteiger partial charge in [-0.25, -0.2) is 0 Å². The van der Waals surface area contributed by atoms with Gasteiger partial charge in [-0.2, -0.15) is 0 Å². The van der Waals surface area contributed by atoms with Crippen LogP contribution in [-0.2, 0) is 12.3 Å². The Bertz CT molecular complexity index is 1210. The molecule has 5 nitrogen and oxygen atoms in total. The third-order valence-corrected chi connectivity index (χ3v) is 7.31. The first kappa shape index (κ1) is 18.5. The van der Waals surface area contributed by atoms with Crippen LogP contribution in [0.4, 0.5) is 0 Å². The maximum Gasteiger partial charge on any atom is 0.191 e. The normalized spacial score (nSPS) is 11.3. The molecule has 0 saturated carbocycles. The first-order chi connectivity index (χ1) is 14.3. The number of thioether (sulfide) groups is 1. The van der Waals surface area contributed by atoms with Crippen LogP contribution in [0.25, 0.3) is 32.0 Å². The fourth-order valence-electron chi connectivity index (χ4n) is 3.16. The summed E-state index contributed by atoms with van der Waals surface area (Å²) in [5, 5.41) is 17.3. The molecule has 0 N–H and O–H groups in total. The maximum absolute atomic E-state index is 4.50. The molecule has 5 rings (SSSR count). The summed E-state index contributed by atoms with van der Waals surface area (Å²) in [6.45, 7) is 2.98. The third kappa shape index (κ3) is 3.71. The number of hydrogen-bond acceptors (Lipinski definition) is 7. The summed E-state index contributed by atoms with van der Waals surface area (Å²) in [6, 6.07) is 19.1. The van der Waals surface area contributed by atoms with Gasteiger partial charge in [0.15, 0.2) is 11.0 Å². The molecule has 8 heteroatoms. The average Bonchev–Trinajstić information content (AvgIpc) is 3.51. The van der Waals surface area contributed by atoms with E-state index in [0.717, 1.165) is 39.4 Å². The monoisotopic (exact) mass is 435 g/mol. The molecule has 0 amide bonds. The summed E-state index contributed by atoms with van der Waals surface area (Å²) in [7, 11) is 0. The predicted octanol–water partition coefficient (Wildman–Crippen LogP) is 5.99. The maximum atomic E-state index is 4.50. The highest BCUT2D eigenvalue weighted by molar-refractivity contribution is 7.98. The first-order valence-electron chi connectivity index (χ1n) is 9.23. The van der Waals surface area contributed by atoms with Crippen molar-refractivity contribution in [3.8, 4) is 22.0 Å². The molecule has 0 unspecified atom stereocenters. The SMILES string of the molecule is CCn1c(SCc2ccc(-c3csnn3)cc2)nnc1-c1cc2ccccc2s1. The van der Waals surface area contributed by atoms with Crippen LogP contribution in [-0.4, -0.2) is 24.4 Å². The molecule has 0 aliphatic heterocycles. The molecule has 144 valence electrons. The minimum Gasteiger partial charge on any atom is -0.302 e. The van der Waals surface area contributed by atoms with E-state index < -0.39 is 0 Å². The van der Waals surface area contributed by atoms with E-state index in [9.17, 15) is 0 Å². The van der Waals surface area contributed by atoms with Crippen molar-refractivity contribution < 1.29 is 0 Å². The molecule has 0 saturated heterocycles. The van der Waals surface area contributed by atoms with Crippen LogP contribution in [0.2, 0.25) is 0 Å². The van der Waals surface area contributed by atoms with Crippen molar-refractivity contribution in [3.05, 3.63) is 65.5 Å². The topological polar surface area (TPSA) is 56.5 Å². The van der Waals surface area contributed by atoms with Gasteiger partial charge >= 0.3 is 0 Å². The Labute approximate surface area is 180 Å². The molecule has 5 aromatic rings. The second-order valence-electron chi connectivity index (χ2n) is 6.47. The van der Waals surface area contributed by atoms with E-state index >= 15 is 0 Å². The molecule has 0 bridgehead atoms. The van der Waals surface area contributed by atoms with Gasteiger partial charge in [-0.05, 0) is 41.5 Å². The molecule has 0 spiro atoms. The molecule has 29 heavy (non-hydrogen) atoms. The van der Waals surface area contributed by atoms with Crippen LogP contribution in [0.5, 0.6) is 0 Å². The second-order valence-corrected chi connectivity index (χ2v) is 9.11. The van der Waals surface area contributed by atoms with Crippen molar-refractivity contribution in [3.63, 3.8) is 0 Å². The van der Waals surface area contributed by atoms with E-state index in [2.05, 4.69) is 85.9 Å². The zero-order valence-electron chi connectivity index (χ0n) is 15.6. The van der Waals surface area contributed by atoms with E-state index in [1.165, 1.54) is 27.2 Å². The van der Waals surface area contributed by atoms with Crippen molar-refractivity contribution in [1.82, 2.24) is 24.4 Å². The molecule has 3 heterocycles. The number of rotatable bonds is 6. The zero-order chi connectivity index (χ0) is 19.6. The summed E-state index contributed by atoms with van der Waals surface area (Å²) >= 11 is 4.85. The lowest BCUT2D eigenvalue weighted by Crippen LogP contribution is -1.99. The van der Waals surface area contributed by atoms with Crippen molar-refractivity contribution in [1.29, 1.82) is 0 Å². The molecule has 0 aliphatic carbocycles. The number of thiophene rings is 1. The number of hydrogen-bond donors (Lipinski definition) is 0. The Morgan fingerprint density at radius 1 is 1.00 bits per heavy atom. The van der Waals surface area contributed by atoms with Crippen LogP contribution < -0.4 is 0 Å². The van der Waals surface area contributed by atoms with E-state index in [1.54, 1.807) is 23.1 Å². The van der Waals surface area contributed by atoms with Crippen molar-refractivity contribution in [2.24, 2.45) is 0 Å². The largest absolute Gasteiger partial charge is 0.302 e. The van der Waals surface area contributed by atoms with E-state index in [0.29, 0.717) is 0 Å². The quantitative estimate of drug-likeness (QED) is 0.307. The fourth-order valence-corrected chi connectivity index (χ4v) is 5.64. The minimum atomic E-state index is 0.842. The Morgan fingerprint density at radius 3 is 2.62 bits per heavy atom. The molecule has 0 fully saturated rings. The highest BCUT2D eigenvalue weighted by atomic mass is 32.2. The van der Waals surface area contributed by atoms with Crippen LogP contribution in [0.1, 0.15) is 12.5 Å².